The van der Waals surface area contributed by atoms with Crippen LogP contribution in [0.1, 0.15) is 206 Å². The van der Waals surface area contributed by atoms with Gasteiger partial charge in [-0.2, -0.15) is 13.2 Å². The SMILES string of the molecule is CCCCN1c2cc3c(cc2C(C)CC1(C)C)N=c1cc2c(cc1O3)=[N+](CCCC(=O)NCCN1CC=CC1=O)C(C)(C)CC2CS(=O)(=O)[O-].CCCCN1c2cc3c(cc2C(C)CC1(C)C)N=c1cc2c(cc1O3)=[N+](CCCC(=O)O)C(C)(C)CC2CS(=O)(=O)[O-].O=C([O-])C(F)(F)F.[NH3+]CCN1C(=O)C=CC1=O.[Na+]. The van der Waals surface area contributed by atoms with Crippen LogP contribution in [-0.2, 0) is 49.0 Å². The molecule has 0 saturated carbocycles. The second-order valence-corrected chi connectivity index (χ2v) is 34.8. The van der Waals surface area contributed by atoms with Gasteiger partial charge in [-0.25, -0.2) is 36.0 Å². The predicted octanol–water partition coefficient (Wildman–Crippen LogP) is 3.49. The number of hydrogen-bond donors (Lipinski definition) is 3. The van der Waals surface area contributed by atoms with E-state index in [4.69, 9.17) is 29.4 Å². The number of aliphatic carboxylic acids is 2. The molecule has 0 bridgehead atoms. The molecule has 4 unspecified atom stereocenters. The fourth-order valence-corrected chi connectivity index (χ4v) is 18.1. The first-order valence-corrected chi connectivity index (χ1v) is 40.5. The van der Waals surface area contributed by atoms with E-state index in [1.165, 1.54) is 39.6 Å². The van der Waals surface area contributed by atoms with Crippen molar-refractivity contribution in [2.45, 2.75) is 212 Å². The molecule has 0 aliphatic carbocycles. The Labute approximate surface area is 663 Å². The molecule has 5 N–H and O–H groups in total. The molecule has 8 aliphatic rings. The van der Waals surface area contributed by atoms with Gasteiger partial charge in [0.2, 0.25) is 22.5 Å². The maximum atomic E-state index is 12.7. The number of carboxylic acid groups (broad SMARTS) is 2. The molecular weight excluding hydrogens is 1480 g/mol. The summed E-state index contributed by atoms with van der Waals surface area (Å²) in [5.74, 6) is -3.27. The van der Waals surface area contributed by atoms with Crippen molar-refractivity contribution in [2.24, 2.45) is 9.98 Å². The average Bonchev–Trinajstić information content (AvgIpc) is 0.954. The van der Waals surface area contributed by atoms with Crippen LogP contribution in [0.2, 0.25) is 0 Å². The van der Waals surface area contributed by atoms with E-state index in [1.807, 2.05) is 58.0 Å². The Morgan fingerprint density at radius 3 is 1.42 bits per heavy atom. The summed E-state index contributed by atoms with van der Waals surface area (Å²) < 4.78 is 121. The van der Waals surface area contributed by atoms with Crippen molar-refractivity contribution in [3.63, 3.8) is 0 Å². The molecule has 4 amide bonds. The number of rotatable bonds is 23. The summed E-state index contributed by atoms with van der Waals surface area (Å²) in [6.45, 7) is 31.6. The van der Waals surface area contributed by atoms with Crippen LogP contribution in [-0.4, -0.2) is 175 Å². The standard InChI is InChI=1S/C38H51N5O6S.C32H43N3O6S.C6H8N2O2.C2HF3O2.Na/c1-7-8-15-42-31-20-33-29(18-27(31)25(2)22-37(42,3)4)40-30-19-28-26(24-50(46,47)48)23-38(5,6)43(32(28)21-34(30)49-33)16-9-11-35(44)39-13-17-41-14-10-12-36(41)45;1-7-8-11-34-26-15-28-24(13-22(26)20(2)17-31(34,3)4)33-25-14-23-21(19-42(38,39)40)18-32(5,6)35(12-9-10-30(36)37)27(23)16-29(25)41-28;7-3-4-8-5(9)1-2-6(8)10;3-2(4,5)1(6)7;/h10,12,18-21,25-26H,7-9,11,13-17,22-24H2,1-6H3,(H-,39,44,46,47,48);13-16,20-21H,7-12,17-19H2,1-6H3,(H-,36,37,38,39,40);1-2H,3-4,7H2;(H,6,7);/q;;;;+1. The number of anilines is 2. The Hall–Kier alpha value is -7.65. The van der Waals surface area contributed by atoms with Gasteiger partial charge in [-0.1, -0.05) is 46.6 Å². The summed E-state index contributed by atoms with van der Waals surface area (Å²) in [6, 6.07) is 16.1. The Morgan fingerprint density at radius 2 is 1.05 bits per heavy atom. The van der Waals surface area contributed by atoms with E-state index in [-0.39, 0.29) is 70.7 Å². The Balaban J connectivity index is 0.000000228. The van der Waals surface area contributed by atoms with Crippen LogP contribution in [0.15, 0.2) is 82.8 Å². The first-order valence-electron chi connectivity index (χ1n) is 37.4. The first-order chi connectivity index (χ1) is 50.8. The topological polar surface area (TPSA) is 362 Å². The van der Waals surface area contributed by atoms with Gasteiger partial charge in [-0.15, -0.1) is 0 Å². The van der Waals surface area contributed by atoms with E-state index in [0.717, 1.165) is 84.8 Å². The fraction of sp³-hybridized carbons (Fsp3) is 0.564. The maximum Gasteiger partial charge on any atom is 1.00 e. The van der Waals surface area contributed by atoms with Crippen LogP contribution >= 0.6 is 0 Å². The van der Waals surface area contributed by atoms with Crippen LogP contribution in [0.4, 0.5) is 35.9 Å². The molecule has 26 nitrogen and oxygen atoms in total. The molecule has 4 aromatic rings. The molecule has 594 valence electrons. The molecule has 32 heteroatoms. The summed E-state index contributed by atoms with van der Waals surface area (Å²) in [5.41, 5.74) is 10.4. The van der Waals surface area contributed by atoms with E-state index < -0.39 is 72.8 Å². The minimum Gasteiger partial charge on any atom is -0.748 e. The number of benzene rings is 4. The second kappa shape index (κ2) is 35.2. The normalized spacial score (nSPS) is 20.4. The maximum absolute atomic E-state index is 12.7. The van der Waals surface area contributed by atoms with Gasteiger partial charge in [0.05, 0.1) is 51.9 Å². The van der Waals surface area contributed by atoms with E-state index >= 15 is 0 Å². The number of carboxylic acids is 2. The number of fused-ring (bicyclic) bond motifs is 8. The molecule has 8 aliphatic heterocycles. The number of imide groups is 1. The number of ether oxygens (including phenoxy) is 2. The van der Waals surface area contributed by atoms with Gasteiger partial charge >= 0.3 is 41.7 Å². The molecule has 12 rings (SSSR count). The van der Waals surface area contributed by atoms with Crippen molar-refractivity contribution < 1.29 is 123 Å². The fourth-order valence-electron chi connectivity index (χ4n) is 16.5. The monoisotopic (exact) mass is 1580 g/mol. The smallest absolute Gasteiger partial charge is 0.748 e. The zero-order valence-corrected chi connectivity index (χ0v) is 68.9. The second-order valence-electron chi connectivity index (χ2n) is 31.9. The molecule has 0 aromatic heterocycles. The zero-order valence-electron chi connectivity index (χ0n) is 65.3. The third kappa shape index (κ3) is 21.2. The molecule has 0 spiro atoms. The molecule has 4 atom stereocenters. The number of quaternary nitrogens is 1. The van der Waals surface area contributed by atoms with Gasteiger partial charge in [0.1, 0.15) is 41.1 Å². The number of carbonyl (C=O) groups is 6. The van der Waals surface area contributed by atoms with Crippen LogP contribution in [0.5, 0.6) is 23.0 Å². The summed E-state index contributed by atoms with van der Waals surface area (Å²) in [7, 11) is -8.99. The largest absolute Gasteiger partial charge is 1.00 e. The van der Waals surface area contributed by atoms with Crippen LogP contribution in [0.3, 0.4) is 0 Å². The molecule has 4 aromatic carbocycles. The van der Waals surface area contributed by atoms with Crippen molar-refractivity contribution in [3.8, 4) is 23.0 Å². The summed E-state index contributed by atoms with van der Waals surface area (Å²) in [5, 5.41) is 23.7. The van der Waals surface area contributed by atoms with Crippen LogP contribution in [0.25, 0.3) is 0 Å². The van der Waals surface area contributed by atoms with Gasteiger partial charge in [-0.05, 0) is 128 Å². The third-order valence-corrected chi connectivity index (χ3v) is 23.1. The van der Waals surface area contributed by atoms with E-state index in [0.29, 0.717) is 123 Å². The van der Waals surface area contributed by atoms with Crippen molar-refractivity contribution in [2.75, 3.05) is 80.2 Å². The van der Waals surface area contributed by atoms with E-state index in [9.17, 15) is 68.2 Å². The molecule has 8 heterocycles. The summed E-state index contributed by atoms with van der Waals surface area (Å²) in [6.07, 6.45) is 9.40. The average molecular weight is 1580 g/mol. The number of amides is 4. The number of carbonyl (C=O) groups excluding carboxylic acids is 5. The molecule has 0 saturated heterocycles. The van der Waals surface area contributed by atoms with Gasteiger partial charge in [-0.3, -0.25) is 28.9 Å². The van der Waals surface area contributed by atoms with Gasteiger partial charge in [0, 0.05) is 152 Å². The molecular formula is C78H103F3N10NaO16S2+. The Bertz CT molecular complexity index is 4780. The number of hydrogen-bond acceptors (Lipinski definition) is 19. The van der Waals surface area contributed by atoms with E-state index in [2.05, 4.69) is 110 Å². The minimum absolute atomic E-state index is 0. The van der Waals surface area contributed by atoms with Gasteiger partial charge in [0.25, 0.3) is 11.8 Å². The minimum atomic E-state index is -5.19. The van der Waals surface area contributed by atoms with Crippen LogP contribution < -0.4 is 95.6 Å². The van der Waals surface area contributed by atoms with E-state index in [1.54, 1.807) is 11.0 Å². The molecule has 0 radical (unpaired) electrons. The summed E-state index contributed by atoms with van der Waals surface area (Å²) in [4.78, 5) is 84.0. The van der Waals surface area contributed by atoms with Gasteiger partial charge in [0.15, 0.2) is 34.1 Å². The zero-order chi connectivity index (χ0) is 80.3. The molecule has 110 heavy (non-hydrogen) atoms. The quantitative estimate of drug-likeness (QED) is 0.0358. The number of nitrogens with one attached hydrogen (secondary N) is 1. The number of alkyl halides is 3. The number of nitrogens with zero attached hydrogens (tertiary/aromatic N) is 8. The first kappa shape index (κ1) is 87.9. The van der Waals surface area contributed by atoms with Crippen LogP contribution in [0, 0.1) is 0 Å². The van der Waals surface area contributed by atoms with Gasteiger partial charge < -0.3 is 59.3 Å². The van der Waals surface area contributed by atoms with Crippen molar-refractivity contribution in [3.05, 3.63) is 117 Å². The Morgan fingerprint density at radius 1 is 0.618 bits per heavy atom. The molecule has 0 fully saturated rings. The predicted molar refractivity (Wildman–Crippen MR) is 399 cm³/mol. The van der Waals surface area contributed by atoms with Crippen molar-refractivity contribution >= 4 is 78.6 Å². The number of unbranched alkanes of at least 4 members (excludes halogenated alkanes) is 2. The Kier molecular flexibility index (Phi) is 28.1. The number of halogens is 3. The third-order valence-electron chi connectivity index (χ3n) is 21.4. The van der Waals surface area contributed by atoms with Crippen molar-refractivity contribution in [1.29, 1.82) is 0 Å². The van der Waals surface area contributed by atoms with Crippen molar-refractivity contribution in [1.82, 2.24) is 24.3 Å². The summed E-state index contributed by atoms with van der Waals surface area (Å²) >= 11 is 0.